The number of aryl methyl sites for hydroxylation is 1. The van der Waals surface area contributed by atoms with Gasteiger partial charge in [-0.2, -0.15) is 0 Å². The molecule has 4 heteroatoms. The van der Waals surface area contributed by atoms with Crippen LogP contribution in [0.2, 0.25) is 0 Å². The number of hydrogen-bond donors (Lipinski definition) is 2. The minimum atomic E-state index is -0.975. The van der Waals surface area contributed by atoms with E-state index in [2.05, 4.69) is 5.32 Å². The molecule has 2 atom stereocenters. The van der Waals surface area contributed by atoms with E-state index in [1.807, 2.05) is 68.4 Å². The largest absolute Gasteiger partial charge is 0.481 e. The standard InChI is InChI=1S/C19H21NO3/c1-13-8-10-16(11-9-13)20-19(23)17(12-18(21)22)14(2)15-6-4-3-5-7-15/h3-11,14,17H,12H2,1-2H3,(H,20,23)(H,21,22)/t14-,17-/m0/s1. The van der Waals surface area contributed by atoms with E-state index < -0.39 is 11.9 Å². The number of carboxylic acid groups (broad SMARTS) is 1. The maximum Gasteiger partial charge on any atom is 0.304 e. The van der Waals surface area contributed by atoms with E-state index in [-0.39, 0.29) is 18.2 Å². The summed E-state index contributed by atoms with van der Waals surface area (Å²) < 4.78 is 0. The predicted molar refractivity (Wildman–Crippen MR) is 90.4 cm³/mol. The van der Waals surface area contributed by atoms with Crippen LogP contribution in [0.3, 0.4) is 0 Å². The second-order valence-corrected chi connectivity index (χ2v) is 5.76. The van der Waals surface area contributed by atoms with Crippen molar-refractivity contribution in [2.45, 2.75) is 26.2 Å². The highest BCUT2D eigenvalue weighted by molar-refractivity contribution is 5.95. The molecule has 0 saturated carbocycles. The molecule has 0 aliphatic carbocycles. The van der Waals surface area contributed by atoms with E-state index >= 15 is 0 Å². The van der Waals surface area contributed by atoms with Crippen molar-refractivity contribution in [3.8, 4) is 0 Å². The zero-order valence-corrected chi connectivity index (χ0v) is 13.3. The molecule has 120 valence electrons. The number of carbonyl (C=O) groups excluding carboxylic acids is 1. The SMILES string of the molecule is Cc1ccc(NC(=O)[C@@H](CC(=O)O)[C@@H](C)c2ccccc2)cc1. The number of aliphatic carboxylic acids is 1. The van der Waals surface area contributed by atoms with Gasteiger partial charge in [-0.3, -0.25) is 9.59 Å². The van der Waals surface area contributed by atoms with Crippen LogP contribution in [-0.2, 0) is 9.59 Å². The van der Waals surface area contributed by atoms with Crippen LogP contribution in [0.4, 0.5) is 5.69 Å². The van der Waals surface area contributed by atoms with Crippen LogP contribution in [0.1, 0.15) is 30.4 Å². The molecule has 0 unspecified atom stereocenters. The first-order valence-electron chi connectivity index (χ1n) is 7.61. The average Bonchev–Trinajstić information content (AvgIpc) is 2.54. The number of rotatable bonds is 6. The van der Waals surface area contributed by atoms with Gasteiger partial charge in [0, 0.05) is 5.69 Å². The van der Waals surface area contributed by atoms with Gasteiger partial charge in [-0.15, -0.1) is 0 Å². The summed E-state index contributed by atoms with van der Waals surface area (Å²) in [4.78, 5) is 23.7. The van der Waals surface area contributed by atoms with Gasteiger partial charge in [0.05, 0.1) is 12.3 Å². The van der Waals surface area contributed by atoms with E-state index in [0.29, 0.717) is 5.69 Å². The molecule has 2 aromatic carbocycles. The molecule has 0 aliphatic heterocycles. The second-order valence-electron chi connectivity index (χ2n) is 5.76. The number of carboxylic acids is 1. The van der Waals surface area contributed by atoms with Gasteiger partial charge >= 0.3 is 5.97 Å². The highest BCUT2D eigenvalue weighted by Crippen LogP contribution is 2.28. The third-order valence-electron chi connectivity index (χ3n) is 3.98. The average molecular weight is 311 g/mol. The Morgan fingerprint density at radius 3 is 2.22 bits per heavy atom. The van der Waals surface area contributed by atoms with E-state index in [0.717, 1.165) is 11.1 Å². The molecule has 0 aromatic heterocycles. The summed E-state index contributed by atoms with van der Waals surface area (Å²) in [5.41, 5.74) is 2.73. The molecule has 0 saturated heterocycles. The Morgan fingerprint density at radius 1 is 1.04 bits per heavy atom. The number of anilines is 1. The number of benzene rings is 2. The lowest BCUT2D eigenvalue weighted by atomic mass is 9.84. The van der Waals surface area contributed by atoms with Gasteiger partial charge in [0.1, 0.15) is 0 Å². The number of hydrogen-bond acceptors (Lipinski definition) is 2. The fourth-order valence-electron chi connectivity index (χ4n) is 2.55. The third kappa shape index (κ3) is 4.68. The Kier molecular flexibility index (Phi) is 5.52. The molecule has 4 nitrogen and oxygen atoms in total. The first-order chi connectivity index (χ1) is 11.0. The molecule has 2 aromatic rings. The molecule has 0 heterocycles. The molecule has 0 spiro atoms. The summed E-state index contributed by atoms with van der Waals surface area (Å²) in [6, 6.07) is 17.0. The zero-order valence-electron chi connectivity index (χ0n) is 13.3. The van der Waals surface area contributed by atoms with Crippen molar-refractivity contribution in [3.05, 3.63) is 65.7 Å². The predicted octanol–water partition coefficient (Wildman–Crippen LogP) is 3.83. The Hall–Kier alpha value is -2.62. The zero-order chi connectivity index (χ0) is 16.8. The van der Waals surface area contributed by atoms with Crippen molar-refractivity contribution < 1.29 is 14.7 Å². The number of carbonyl (C=O) groups is 2. The van der Waals surface area contributed by atoms with Crippen molar-refractivity contribution in [1.29, 1.82) is 0 Å². The van der Waals surface area contributed by atoms with Crippen molar-refractivity contribution in [1.82, 2.24) is 0 Å². The minimum Gasteiger partial charge on any atom is -0.481 e. The Balaban J connectivity index is 2.18. The molecule has 0 fully saturated rings. The van der Waals surface area contributed by atoms with Gasteiger partial charge in [0.2, 0.25) is 5.91 Å². The first kappa shape index (κ1) is 16.7. The van der Waals surface area contributed by atoms with Crippen LogP contribution in [-0.4, -0.2) is 17.0 Å². The lowest BCUT2D eigenvalue weighted by molar-refractivity contribution is -0.140. The van der Waals surface area contributed by atoms with Crippen molar-refractivity contribution in [2.75, 3.05) is 5.32 Å². The van der Waals surface area contributed by atoms with Crippen molar-refractivity contribution in [2.24, 2.45) is 5.92 Å². The molecule has 0 bridgehead atoms. The topological polar surface area (TPSA) is 66.4 Å². The monoisotopic (exact) mass is 311 g/mol. The molecular weight excluding hydrogens is 290 g/mol. The van der Waals surface area contributed by atoms with Crippen LogP contribution >= 0.6 is 0 Å². The molecule has 2 N–H and O–H groups in total. The molecule has 1 amide bonds. The quantitative estimate of drug-likeness (QED) is 0.852. The third-order valence-corrected chi connectivity index (χ3v) is 3.98. The highest BCUT2D eigenvalue weighted by atomic mass is 16.4. The summed E-state index contributed by atoms with van der Waals surface area (Å²) >= 11 is 0. The number of amides is 1. The lowest BCUT2D eigenvalue weighted by Crippen LogP contribution is -2.29. The van der Waals surface area contributed by atoms with Gasteiger partial charge in [0.15, 0.2) is 0 Å². The summed E-state index contributed by atoms with van der Waals surface area (Å²) in [6.07, 6.45) is -0.201. The fourth-order valence-corrected chi connectivity index (χ4v) is 2.55. The van der Waals surface area contributed by atoms with Crippen LogP contribution in [0.5, 0.6) is 0 Å². The van der Waals surface area contributed by atoms with Gasteiger partial charge < -0.3 is 10.4 Å². The number of nitrogens with one attached hydrogen (secondary N) is 1. The van der Waals surface area contributed by atoms with Gasteiger partial charge in [-0.25, -0.2) is 0 Å². The minimum absolute atomic E-state index is 0.183. The lowest BCUT2D eigenvalue weighted by Gasteiger charge is -2.22. The maximum absolute atomic E-state index is 12.6. The van der Waals surface area contributed by atoms with Gasteiger partial charge in [-0.05, 0) is 30.5 Å². The van der Waals surface area contributed by atoms with Crippen molar-refractivity contribution >= 4 is 17.6 Å². The van der Waals surface area contributed by atoms with Crippen molar-refractivity contribution in [3.63, 3.8) is 0 Å². The Bertz CT molecular complexity index is 665. The Morgan fingerprint density at radius 2 is 1.65 bits per heavy atom. The van der Waals surface area contributed by atoms with E-state index in [1.165, 1.54) is 0 Å². The second kappa shape index (κ2) is 7.58. The van der Waals surface area contributed by atoms with Crippen LogP contribution in [0.15, 0.2) is 54.6 Å². The Labute approximate surface area is 136 Å². The van der Waals surface area contributed by atoms with Crippen LogP contribution in [0, 0.1) is 12.8 Å². The fraction of sp³-hybridized carbons (Fsp3) is 0.263. The molecule has 0 aliphatic rings. The first-order valence-corrected chi connectivity index (χ1v) is 7.61. The molecule has 0 radical (unpaired) electrons. The summed E-state index contributed by atoms with van der Waals surface area (Å²) in [5, 5.41) is 12.0. The summed E-state index contributed by atoms with van der Waals surface area (Å²) in [5.74, 6) is -2.06. The normalized spacial score (nSPS) is 13.1. The molecule has 2 rings (SSSR count). The van der Waals surface area contributed by atoms with Crippen LogP contribution in [0.25, 0.3) is 0 Å². The molecular formula is C19H21NO3. The smallest absolute Gasteiger partial charge is 0.304 e. The van der Waals surface area contributed by atoms with Gasteiger partial charge in [-0.1, -0.05) is 55.0 Å². The summed E-state index contributed by atoms with van der Waals surface area (Å²) in [6.45, 7) is 3.86. The highest BCUT2D eigenvalue weighted by Gasteiger charge is 2.28. The van der Waals surface area contributed by atoms with Crippen LogP contribution < -0.4 is 5.32 Å². The van der Waals surface area contributed by atoms with Gasteiger partial charge in [0.25, 0.3) is 0 Å². The maximum atomic E-state index is 12.6. The summed E-state index contributed by atoms with van der Waals surface area (Å²) in [7, 11) is 0. The van der Waals surface area contributed by atoms with E-state index in [1.54, 1.807) is 0 Å². The van der Waals surface area contributed by atoms with E-state index in [9.17, 15) is 9.59 Å². The van der Waals surface area contributed by atoms with E-state index in [4.69, 9.17) is 5.11 Å². The molecule has 23 heavy (non-hydrogen) atoms.